The molecule has 0 radical (unpaired) electrons. The molecule has 2 N–H and O–H groups in total. The molecule has 108 valence electrons. The third-order valence-electron chi connectivity index (χ3n) is 2.69. The fourth-order valence-corrected chi connectivity index (χ4v) is 2.18. The zero-order valence-electron chi connectivity index (χ0n) is 10.7. The molecule has 0 aliphatic carbocycles. The molecule has 6 heteroatoms. The molecule has 1 aromatic carbocycles. The molecule has 1 rings (SSSR count). The van der Waals surface area contributed by atoms with Gasteiger partial charge in [-0.3, -0.25) is 4.79 Å². The van der Waals surface area contributed by atoms with Gasteiger partial charge in [-0.1, -0.05) is 35.3 Å². The van der Waals surface area contributed by atoms with Gasteiger partial charge in [0.05, 0.1) is 6.42 Å². The monoisotopic (exact) mass is 315 g/mol. The molecule has 0 aliphatic rings. The van der Waals surface area contributed by atoms with Crippen molar-refractivity contribution in [2.45, 2.75) is 25.3 Å². The number of allylic oxidation sites excluding steroid dienone is 1. The number of benzene rings is 1. The summed E-state index contributed by atoms with van der Waals surface area (Å²) in [7, 11) is 0. The van der Waals surface area contributed by atoms with E-state index in [4.69, 9.17) is 28.3 Å². The summed E-state index contributed by atoms with van der Waals surface area (Å²) in [6, 6.07) is 3.99. The van der Waals surface area contributed by atoms with Crippen LogP contribution in [-0.2, 0) is 16.0 Å². The van der Waals surface area contributed by atoms with Gasteiger partial charge in [0.2, 0.25) is 5.91 Å². The first-order valence-electron chi connectivity index (χ1n) is 6.01. The molecule has 0 bridgehead atoms. The van der Waals surface area contributed by atoms with Crippen LogP contribution in [0.5, 0.6) is 0 Å². The Labute approximate surface area is 127 Å². The average Bonchev–Trinajstić information content (AvgIpc) is 2.38. The molecule has 1 aromatic rings. The van der Waals surface area contributed by atoms with Gasteiger partial charge < -0.3 is 10.4 Å². The standard InChI is InChI=1S/C14H15Cl2NO3/c1-2-3-7-12(14(19)20)17-13(18)8-9-10(15)5-4-6-11(9)16/h2,4-6,12H,1,3,7-8H2,(H,17,18)(H,19,20). The Balaban J connectivity index is 2.70. The van der Waals surface area contributed by atoms with Gasteiger partial charge in [0.15, 0.2) is 0 Å². The molecular formula is C14H15Cl2NO3. The van der Waals surface area contributed by atoms with Crippen LogP contribution in [0.25, 0.3) is 0 Å². The molecule has 0 spiro atoms. The first-order valence-corrected chi connectivity index (χ1v) is 6.77. The Morgan fingerprint density at radius 1 is 1.35 bits per heavy atom. The van der Waals surface area contributed by atoms with Crippen molar-refractivity contribution in [1.82, 2.24) is 5.32 Å². The Morgan fingerprint density at radius 3 is 2.45 bits per heavy atom. The molecule has 20 heavy (non-hydrogen) atoms. The topological polar surface area (TPSA) is 66.4 Å². The molecule has 0 saturated heterocycles. The lowest BCUT2D eigenvalue weighted by atomic mass is 10.1. The summed E-state index contributed by atoms with van der Waals surface area (Å²) in [6.45, 7) is 3.52. The van der Waals surface area contributed by atoms with Crippen LogP contribution in [0.4, 0.5) is 0 Å². The summed E-state index contributed by atoms with van der Waals surface area (Å²) in [5.74, 6) is -1.51. The van der Waals surface area contributed by atoms with Crippen molar-refractivity contribution in [3.05, 3.63) is 46.5 Å². The highest BCUT2D eigenvalue weighted by Gasteiger charge is 2.20. The summed E-state index contributed by atoms with van der Waals surface area (Å²) < 4.78 is 0. The normalized spacial score (nSPS) is 11.7. The second-order valence-corrected chi connectivity index (χ2v) is 5.02. The summed E-state index contributed by atoms with van der Waals surface area (Å²) in [6.07, 6.45) is 2.34. The van der Waals surface area contributed by atoms with Crippen molar-refractivity contribution in [3.8, 4) is 0 Å². The highest BCUT2D eigenvalue weighted by molar-refractivity contribution is 6.36. The van der Waals surface area contributed by atoms with Crippen LogP contribution < -0.4 is 5.32 Å². The number of carboxylic acid groups (broad SMARTS) is 1. The number of hydrogen-bond donors (Lipinski definition) is 2. The minimum Gasteiger partial charge on any atom is -0.480 e. The SMILES string of the molecule is C=CCCC(NC(=O)Cc1c(Cl)cccc1Cl)C(=O)O. The lowest BCUT2D eigenvalue weighted by Gasteiger charge is -2.14. The minimum atomic E-state index is -1.08. The van der Waals surface area contributed by atoms with Crippen LogP contribution in [0.2, 0.25) is 10.0 Å². The molecule has 4 nitrogen and oxygen atoms in total. The number of halogens is 2. The molecule has 0 aliphatic heterocycles. The van der Waals surface area contributed by atoms with E-state index in [0.717, 1.165) is 0 Å². The van der Waals surface area contributed by atoms with Gasteiger partial charge >= 0.3 is 5.97 Å². The van der Waals surface area contributed by atoms with E-state index in [2.05, 4.69) is 11.9 Å². The van der Waals surface area contributed by atoms with E-state index in [1.807, 2.05) is 0 Å². The quantitative estimate of drug-likeness (QED) is 0.760. The predicted molar refractivity (Wildman–Crippen MR) is 79.2 cm³/mol. The van der Waals surface area contributed by atoms with Gasteiger partial charge in [-0.05, 0) is 30.5 Å². The van der Waals surface area contributed by atoms with E-state index in [9.17, 15) is 9.59 Å². The third-order valence-corrected chi connectivity index (χ3v) is 3.40. The summed E-state index contributed by atoms with van der Waals surface area (Å²) in [4.78, 5) is 22.9. The predicted octanol–water partition coefficient (Wildman–Crippen LogP) is 3.07. The number of aliphatic carboxylic acids is 1. The number of carbonyl (C=O) groups is 2. The fourth-order valence-electron chi connectivity index (χ4n) is 1.65. The Bertz CT molecular complexity index is 497. The number of rotatable bonds is 7. The van der Waals surface area contributed by atoms with Gasteiger partial charge in [0, 0.05) is 10.0 Å². The lowest BCUT2D eigenvalue weighted by molar-refractivity contribution is -0.141. The number of carbonyl (C=O) groups excluding carboxylic acids is 1. The molecule has 1 atom stereocenters. The Hall–Kier alpha value is -1.52. The van der Waals surface area contributed by atoms with Crippen LogP contribution in [0, 0.1) is 0 Å². The van der Waals surface area contributed by atoms with Crippen molar-refractivity contribution in [2.75, 3.05) is 0 Å². The van der Waals surface area contributed by atoms with Crippen molar-refractivity contribution in [3.63, 3.8) is 0 Å². The maximum Gasteiger partial charge on any atom is 0.326 e. The molecule has 0 heterocycles. The molecule has 1 unspecified atom stereocenters. The van der Waals surface area contributed by atoms with Gasteiger partial charge in [-0.2, -0.15) is 0 Å². The summed E-state index contributed by atoms with van der Waals surface area (Å²) in [5, 5.41) is 12.2. The van der Waals surface area contributed by atoms with Crippen LogP contribution in [0.1, 0.15) is 18.4 Å². The maximum atomic E-state index is 11.9. The average molecular weight is 316 g/mol. The number of hydrogen-bond acceptors (Lipinski definition) is 2. The summed E-state index contributed by atoms with van der Waals surface area (Å²) in [5.41, 5.74) is 0.487. The smallest absolute Gasteiger partial charge is 0.326 e. The van der Waals surface area contributed by atoms with E-state index in [1.165, 1.54) is 0 Å². The molecule has 0 fully saturated rings. The second-order valence-electron chi connectivity index (χ2n) is 4.20. The lowest BCUT2D eigenvalue weighted by Crippen LogP contribution is -2.41. The van der Waals surface area contributed by atoms with Gasteiger partial charge in [0.1, 0.15) is 6.04 Å². The van der Waals surface area contributed by atoms with E-state index < -0.39 is 17.9 Å². The maximum absolute atomic E-state index is 11.9. The van der Waals surface area contributed by atoms with E-state index >= 15 is 0 Å². The second kappa shape index (κ2) is 7.92. The molecule has 0 aromatic heterocycles. The number of carboxylic acids is 1. The van der Waals surface area contributed by atoms with Crippen molar-refractivity contribution in [1.29, 1.82) is 0 Å². The van der Waals surface area contributed by atoms with Crippen molar-refractivity contribution >= 4 is 35.1 Å². The molecular weight excluding hydrogens is 301 g/mol. The van der Waals surface area contributed by atoms with Crippen molar-refractivity contribution in [2.24, 2.45) is 0 Å². The third kappa shape index (κ3) is 4.87. The largest absolute Gasteiger partial charge is 0.480 e. The highest BCUT2D eigenvalue weighted by atomic mass is 35.5. The van der Waals surface area contributed by atoms with Crippen LogP contribution in [0.15, 0.2) is 30.9 Å². The van der Waals surface area contributed by atoms with Gasteiger partial charge in [0.25, 0.3) is 0 Å². The van der Waals surface area contributed by atoms with Crippen LogP contribution in [0.3, 0.4) is 0 Å². The number of nitrogens with one attached hydrogen (secondary N) is 1. The fraction of sp³-hybridized carbons (Fsp3) is 0.286. The zero-order valence-corrected chi connectivity index (χ0v) is 12.2. The Morgan fingerprint density at radius 2 is 1.95 bits per heavy atom. The minimum absolute atomic E-state index is 0.0592. The first kappa shape index (κ1) is 16.5. The van der Waals surface area contributed by atoms with Crippen molar-refractivity contribution < 1.29 is 14.7 Å². The number of amides is 1. The highest BCUT2D eigenvalue weighted by Crippen LogP contribution is 2.24. The molecule has 0 saturated carbocycles. The van der Waals surface area contributed by atoms with E-state index in [1.54, 1.807) is 24.3 Å². The van der Waals surface area contributed by atoms with E-state index in [-0.39, 0.29) is 6.42 Å². The molecule has 1 amide bonds. The van der Waals surface area contributed by atoms with Crippen LogP contribution in [-0.4, -0.2) is 23.0 Å². The Kier molecular flexibility index (Phi) is 6.55. The van der Waals surface area contributed by atoms with Crippen LogP contribution >= 0.6 is 23.2 Å². The first-order chi connectivity index (χ1) is 9.45. The van der Waals surface area contributed by atoms with E-state index in [0.29, 0.717) is 28.5 Å². The van der Waals surface area contributed by atoms with Gasteiger partial charge in [-0.15, -0.1) is 6.58 Å². The zero-order chi connectivity index (χ0) is 15.1. The van der Waals surface area contributed by atoms with Gasteiger partial charge in [-0.25, -0.2) is 4.79 Å². The summed E-state index contributed by atoms with van der Waals surface area (Å²) >= 11 is 11.9.